The highest BCUT2D eigenvalue weighted by molar-refractivity contribution is 7.89. The topological polar surface area (TPSA) is 83.5 Å². The lowest BCUT2D eigenvalue weighted by atomic mass is 10.1. The first kappa shape index (κ1) is 15.7. The van der Waals surface area contributed by atoms with Crippen molar-refractivity contribution in [1.82, 2.24) is 4.72 Å². The molecule has 0 spiro atoms. The fraction of sp³-hybridized carbons (Fsp3) is 0.462. The van der Waals surface area contributed by atoms with Crippen molar-refractivity contribution >= 4 is 16.0 Å². The largest absolute Gasteiger partial charge is 0.480 e. The lowest BCUT2D eigenvalue weighted by molar-refractivity contribution is -0.140. The van der Waals surface area contributed by atoms with Gasteiger partial charge in [-0.2, -0.15) is 4.72 Å². The fourth-order valence-electron chi connectivity index (χ4n) is 1.79. The summed E-state index contributed by atoms with van der Waals surface area (Å²) in [6, 6.07) is 3.77. The molecule has 0 aliphatic carbocycles. The van der Waals surface area contributed by atoms with Crippen LogP contribution in [0, 0.1) is 19.8 Å². The van der Waals surface area contributed by atoms with E-state index in [9.17, 15) is 13.2 Å². The number of benzene rings is 1. The Balaban J connectivity index is 3.13. The molecule has 0 aliphatic rings. The SMILES string of the molecule is Cc1cc(C)cc(S(=O)(=O)N[C@@H](C(=O)O)C(C)C)c1. The first-order valence-corrected chi connectivity index (χ1v) is 7.45. The van der Waals surface area contributed by atoms with Crippen LogP contribution in [0.25, 0.3) is 0 Å². The zero-order valence-corrected chi connectivity index (χ0v) is 12.3. The van der Waals surface area contributed by atoms with E-state index in [0.717, 1.165) is 11.1 Å². The van der Waals surface area contributed by atoms with Crippen LogP contribution in [0.5, 0.6) is 0 Å². The standard InChI is InChI=1S/C13H19NO4S/c1-8(2)12(13(15)16)14-19(17,18)11-6-9(3)5-10(4)7-11/h5-8,12,14H,1-4H3,(H,15,16)/t12-/m1/s1. The molecule has 0 saturated carbocycles. The summed E-state index contributed by atoms with van der Waals surface area (Å²) in [5.41, 5.74) is 1.63. The van der Waals surface area contributed by atoms with Gasteiger partial charge in [-0.3, -0.25) is 4.79 Å². The molecule has 0 radical (unpaired) electrons. The lowest BCUT2D eigenvalue weighted by Gasteiger charge is -2.18. The lowest BCUT2D eigenvalue weighted by Crippen LogP contribution is -2.44. The van der Waals surface area contributed by atoms with Gasteiger partial charge in [-0.05, 0) is 43.0 Å². The molecule has 0 saturated heterocycles. The predicted octanol–water partition coefficient (Wildman–Crippen LogP) is 1.69. The van der Waals surface area contributed by atoms with Gasteiger partial charge in [-0.25, -0.2) is 8.42 Å². The van der Waals surface area contributed by atoms with Gasteiger partial charge in [0.15, 0.2) is 0 Å². The van der Waals surface area contributed by atoms with E-state index in [4.69, 9.17) is 5.11 Å². The van der Waals surface area contributed by atoms with Crippen LogP contribution in [0.1, 0.15) is 25.0 Å². The summed E-state index contributed by atoms with van der Waals surface area (Å²) in [5.74, 6) is -1.51. The Kier molecular flexibility index (Phi) is 4.70. The maximum atomic E-state index is 12.2. The second kappa shape index (κ2) is 5.71. The van der Waals surface area contributed by atoms with Crippen LogP contribution in [0.2, 0.25) is 0 Å². The minimum atomic E-state index is -3.83. The quantitative estimate of drug-likeness (QED) is 0.862. The Morgan fingerprint density at radius 3 is 2.00 bits per heavy atom. The van der Waals surface area contributed by atoms with E-state index in [-0.39, 0.29) is 10.8 Å². The van der Waals surface area contributed by atoms with Gasteiger partial charge in [0.05, 0.1) is 4.90 Å². The molecule has 0 fully saturated rings. The molecular weight excluding hydrogens is 266 g/mol. The molecule has 2 N–H and O–H groups in total. The average molecular weight is 285 g/mol. The van der Waals surface area contributed by atoms with E-state index in [1.54, 1.807) is 27.7 Å². The average Bonchev–Trinajstić information content (AvgIpc) is 2.23. The smallest absolute Gasteiger partial charge is 0.322 e. The summed E-state index contributed by atoms with van der Waals surface area (Å²) in [4.78, 5) is 11.2. The minimum Gasteiger partial charge on any atom is -0.480 e. The van der Waals surface area contributed by atoms with Gasteiger partial charge in [0.1, 0.15) is 6.04 Å². The number of hydrogen-bond acceptors (Lipinski definition) is 3. The van der Waals surface area contributed by atoms with Crippen LogP contribution in [0.3, 0.4) is 0 Å². The Morgan fingerprint density at radius 1 is 1.16 bits per heavy atom. The molecule has 0 aromatic heterocycles. The summed E-state index contributed by atoms with van der Waals surface area (Å²) in [5, 5.41) is 9.04. The summed E-state index contributed by atoms with van der Waals surface area (Å²) in [6.07, 6.45) is 0. The molecule has 0 heterocycles. The second-order valence-corrected chi connectivity index (χ2v) is 6.72. The highest BCUT2D eigenvalue weighted by atomic mass is 32.2. The molecule has 1 atom stereocenters. The first-order valence-electron chi connectivity index (χ1n) is 5.97. The van der Waals surface area contributed by atoms with Crippen molar-refractivity contribution in [3.8, 4) is 0 Å². The zero-order valence-electron chi connectivity index (χ0n) is 11.5. The summed E-state index contributed by atoms with van der Waals surface area (Å²) in [6.45, 7) is 6.90. The molecule has 1 rings (SSSR count). The number of carbonyl (C=O) groups is 1. The van der Waals surface area contributed by atoms with Crippen molar-refractivity contribution in [3.63, 3.8) is 0 Å². The molecule has 0 bridgehead atoms. The van der Waals surface area contributed by atoms with Gasteiger partial charge in [0.25, 0.3) is 0 Å². The van der Waals surface area contributed by atoms with Crippen LogP contribution in [-0.4, -0.2) is 25.5 Å². The third-order valence-corrected chi connectivity index (χ3v) is 4.14. The fourth-order valence-corrected chi connectivity index (χ4v) is 3.32. The van der Waals surface area contributed by atoms with Gasteiger partial charge < -0.3 is 5.11 Å². The maximum Gasteiger partial charge on any atom is 0.322 e. The van der Waals surface area contributed by atoms with Crippen LogP contribution in [0.15, 0.2) is 23.1 Å². The van der Waals surface area contributed by atoms with Crippen molar-refractivity contribution in [2.75, 3.05) is 0 Å². The van der Waals surface area contributed by atoms with Crippen molar-refractivity contribution in [2.45, 2.75) is 38.6 Å². The van der Waals surface area contributed by atoms with E-state index in [2.05, 4.69) is 4.72 Å². The summed E-state index contributed by atoms with van der Waals surface area (Å²) >= 11 is 0. The van der Waals surface area contributed by atoms with E-state index >= 15 is 0 Å². The predicted molar refractivity (Wildman–Crippen MR) is 72.5 cm³/mol. The number of hydrogen-bond donors (Lipinski definition) is 2. The molecule has 0 aliphatic heterocycles. The molecule has 19 heavy (non-hydrogen) atoms. The number of nitrogens with one attached hydrogen (secondary N) is 1. The molecule has 1 aromatic carbocycles. The van der Waals surface area contributed by atoms with Crippen LogP contribution < -0.4 is 4.72 Å². The van der Waals surface area contributed by atoms with Crippen molar-refractivity contribution in [3.05, 3.63) is 29.3 Å². The summed E-state index contributed by atoms with van der Waals surface area (Å²) < 4.78 is 26.6. The van der Waals surface area contributed by atoms with E-state index in [1.165, 1.54) is 12.1 Å². The van der Waals surface area contributed by atoms with E-state index < -0.39 is 22.0 Å². The molecule has 6 heteroatoms. The Hall–Kier alpha value is -1.40. The highest BCUT2D eigenvalue weighted by Gasteiger charge is 2.28. The zero-order chi connectivity index (χ0) is 14.8. The number of carboxylic acids is 1. The monoisotopic (exact) mass is 285 g/mol. The van der Waals surface area contributed by atoms with Gasteiger partial charge in [0.2, 0.25) is 10.0 Å². The molecule has 0 amide bonds. The third kappa shape index (κ3) is 4.04. The number of aliphatic carboxylic acids is 1. The second-order valence-electron chi connectivity index (χ2n) is 5.00. The Labute approximate surface area is 113 Å². The molecular formula is C13H19NO4S. The van der Waals surface area contributed by atoms with Gasteiger partial charge in [0, 0.05) is 0 Å². The maximum absolute atomic E-state index is 12.2. The third-order valence-electron chi connectivity index (χ3n) is 2.72. The first-order chi connectivity index (χ1) is 8.63. The van der Waals surface area contributed by atoms with Crippen molar-refractivity contribution in [1.29, 1.82) is 0 Å². The normalized spacial score (nSPS) is 13.5. The van der Waals surface area contributed by atoms with E-state index in [1.807, 2.05) is 6.07 Å². The van der Waals surface area contributed by atoms with Crippen molar-refractivity contribution in [2.24, 2.45) is 5.92 Å². The molecule has 5 nitrogen and oxygen atoms in total. The molecule has 0 unspecified atom stereocenters. The number of rotatable bonds is 5. The number of carboxylic acid groups (broad SMARTS) is 1. The molecule has 1 aromatic rings. The van der Waals surface area contributed by atoms with E-state index in [0.29, 0.717) is 0 Å². The molecule has 106 valence electrons. The van der Waals surface area contributed by atoms with Gasteiger partial charge in [-0.1, -0.05) is 19.9 Å². The van der Waals surface area contributed by atoms with Crippen molar-refractivity contribution < 1.29 is 18.3 Å². The Bertz CT molecular complexity index is 558. The van der Waals surface area contributed by atoms with Crippen LogP contribution >= 0.6 is 0 Å². The van der Waals surface area contributed by atoms with Crippen LogP contribution in [0.4, 0.5) is 0 Å². The highest BCUT2D eigenvalue weighted by Crippen LogP contribution is 2.16. The van der Waals surface area contributed by atoms with Gasteiger partial charge in [-0.15, -0.1) is 0 Å². The summed E-state index contributed by atoms with van der Waals surface area (Å²) in [7, 11) is -3.83. The van der Waals surface area contributed by atoms with Crippen LogP contribution in [-0.2, 0) is 14.8 Å². The van der Waals surface area contributed by atoms with Gasteiger partial charge >= 0.3 is 5.97 Å². The number of aryl methyl sites for hydroxylation is 2. The Morgan fingerprint density at radius 2 is 1.63 bits per heavy atom. The minimum absolute atomic E-state index is 0.0944. The number of sulfonamides is 1.